The Hall–Kier alpha value is -1.69. The van der Waals surface area contributed by atoms with E-state index >= 15 is 0 Å². The average Bonchev–Trinajstić information content (AvgIpc) is 2.87. The molecule has 84 valence electrons. The molecule has 1 amide bonds. The van der Waals surface area contributed by atoms with Gasteiger partial charge in [0.1, 0.15) is 11.3 Å². The van der Waals surface area contributed by atoms with Crippen molar-refractivity contribution in [1.82, 2.24) is 10.1 Å². The van der Waals surface area contributed by atoms with Crippen LogP contribution in [0.2, 0.25) is 0 Å². The normalized spacial score (nSPS) is 10.4. The maximum Gasteiger partial charge on any atom is 0.262 e. The molecule has 0 saturated carbocycles. The lowest BCUT2D eigenvalue weighted by atomic mass is 10.1. The lowest BCUT2D eigenvalue weighted by Crippen LogP contribution is -2.13. The summed E-state index contributed by atoms with van der Waals surface area (Å²) in [7, 11) is 0. The maximum absolute atomic E-state index is 11.9. The minimum Gasteiger partial charge on any atom is -0.360 e. The van der Waals surface area contributed by atoms with Crippen molar-refractivity contribution < 1.29 is 9.32 Å². The molecule has 2 aromatic heterocycles. The van der Waals surface area contributed by atoms with Gasteiger partial charge in [0.15, 0.2) is 5.13 Å². The van der Waals surface area contributed by atoms with Crippen LogP contribution in [0, 0.1) is 6.92 Å². The van der Waals surface area contributed by atoms with Crippen LogP contribution in [-0.4, -0.2) is 16.0 Å². The van der Waals surface area contributed by atoms with Crippen LogP contribution in [0.25, 0.3) is 0 Å². The average molecular weight is 237 g/mol. The van der Waals surface area contributed by atoms with Crippen LogP contribution in [0.1, 0.15) is 28.7 Å². The molecule has 0 atom stereocenters. The summed E-state index contributed by atoms with van der Waals surface area (Å²) < 4.78 is 5.06. The summed E-state index contributed by atoms with van der Waals surface area (Å²) in [4.78, 5) is 15.9. The molecule has 0 aliphatic heterocycles. The van der Waals surface area contributed by atoms with E-state index in [1.807, 2.05) is 6.92 Å². The van der Waals surface area contributed by atoms with E-state index in [0.29, 0.717) is 28.6 Å². The zero-order valence-corrected chi connectivity index (χ0v) is 9.80. The third-order valence-electron chi connectivity index (χ3n) is 2.13. The van der Waals surface area contributed by atoms with E-state index in [2.05, 4.69) is 15.5 Å². The molecule has 5 nitrogen and oxygen atoms in total. The van der Waals surface area contributed by atoms with Gasteiger partial charge in [0.2, 0.25) is 0 Å². The zero-order chi connectivity index (χ0) is 11.5. The number of carbonyl (C=O) groups is 1. The predicted octanol–water partition coefficient (Wildman–Crippen LogP) is 2.25. The van der Waals surface area contributed by atoms with Gasteiger partial charge < -0.3 is 4.52 Å². The Bertz CT molecular complexity index is 490. The lowest BCUT2D eigenvalue weighted by Gasteiger charge is -2.00. The summed E-state index contributed by atoms with van der Waals surface area (Å²) in [6.45, 7) is 3.67. The van der Waals surface area contributed by atoms with Crippen molar-refractivity contribution in [2.75, 3.05) is 5.32 Å². The fraction of sp³-hybridized carbons (Fsp3) is 0.300. The topological polar surface area (TPSA) is 68.0 Å². The first kappa shape index (κ1) is 10.8. The van der Waals surface area contributed by atoms with Crippen molar-refractivity contribution in [3.8, 4) is 0 Å². The first-order valence-electron chi connectivity index (χ1n) is 4.88. The Morgan fingerprint density at radius 3 is 3.06 bits per heavy atom. The lowest BCUT2D eigenvalue weighted by molar-refractivity contribution is 0.102. The number of thiazole rings is 1. The smallest absolute Gasteiger partial charge is 0.262 e. The molecule has 0 aromatic carbocycles. The minimum absolute atomic E-state index is 0.217. The number of carbonyl (C=O) groups excluding carboxylic acids is 1. The molecular weight excluding hydrogens is 226 g/mol. The molecule has 0 radical (unpaired) electrons. The Kier molecular flexibility index (Phi) is 3.00. The molecule has 2 aromatic rings. The number of nitrogens with zero attached hydrogens (tertiary/aromatic N) is 2. The van der Waals surface area contributed by atoms with Crippen molar-refractivity contribution in [3.63, 3.8) is 0 Å². The monoisotopic (exact) mass is 237 g/mol. The van der Waals surface area contributed by atoms with Crippen LogP contribution in [0.3, 0.4) is 0 Å². The minimum atomic E-state index is -0.217. The molecule has 0 spiro atoms. The third kappa shape index (κ3) is 1.96. The SMILES string of the molecule is CCc1onc(C)c1C(=O)Nc1nccs1. The van der Waals surface area contributed by atoms with Crippen LogP contribution in [0.15, 0.2) is 16.1 Å². The molecule has 0 aliphatic rings. The highest BCUT2D eigenvalue weighted by Crippen LogP contribution is 2.17. The second-order valence-electron chi connectivity index (χ2n) is 3.21. The molecule has 0 saturated heterocycles. The van der Waals surface area contributed by atoms with Crippen LogP contribution >= 0.6 is 11.3 Å². The number of nitrogens with one attached hydrogen (secondary N) is 1. The first-order chi connectivity index (χ1) is 7.72. The van der Waals surface area contributed by atoms with Gasteiger partial charge in [-0.25, -0.2) is 4.98 Å². The number of hydrogen-bond donors (Lipinski definition) is 1. The van der Waals surface area contributed by atoms with Crippen molar-refractivity contribution >= 4 is 22.4 Å². The van der Waals surface area contributed by atoms with E-state index in [9.17, 15) is 4.79 Å². The van der Waals surface area contributed by atoms with E-state index in [-0.39, 0.29) is 5.91 Å². The molecule has 0 bridgehead atoms. The molecule has 2 heterocycles. The van der Waals surface area contributed by atoms with Crippen molar-refractivity contribution in [1.29, 1.82) is 0 Å². The number of rotatable bonds is 3. The Labute approximate surface area is 96.5 Å². The summed E-state index contributed by atoms with van der Waals surface area (Å²) in [5, 5.41) is 8.87. The second kappa shape index (κ2) is 4.44. The number of aromatic nitrogens is 2. The van der Waals surface area contributed by atoms with Gasteiger partial charge in [0.05, 0.1) is 5.69 Å². The van der Waals surface area contributed by atoms with E-state index < -0.39 is 0 Å². The van der Waals surface area contributed by atoms with Crippen LogP contribution < -0.4 is 5.32 Å². The van der Waals surface area contributed by atoms with Gasteiger partial charge in [-0.15, -0.1) is 11.3 Å². The van der Waals surface area contributed by atoms with Crippen molar-refractivity contribution in [2.45, 2.75) is 20.3 Å². The van der Waals surface area contributed by atoms with Crippen LogP contribution in [0.4, 0.5) is 5.13 Å². The van der Waals surface area contributed by atoms with Crippen LogP contribution in [-0.2, 0) is 6.42 Å². The molecule has 16 heavy (non-hydrogen) atoms. The Balaban J connectivity index is 2.23. The first-order valence-corrected chi connectivity index (χ1v) is 5.76. The van der Waals surface area contributed by atoms with Gasteiger partial charge in [0, 0.05) is 18.0 Å². The second-order valence-corrected chi connectivity index (χ2v) is 4.11. The number of anilines is 1. The molecule has 6 heteroatoms. The Morgan fingerprint density at radius 1 is 1.62 bits per heavy atom. The van der Waals surface area contributed by atoms with Crippen molar-refractivity contribution in [3.05, 3.63) is 28.6 Å². The van der Waals surface area contributed by atoms with E-state index in [0.717, 1.165) is 0 Å². The van der Waals surface area contributed by atoms with Crippen LogP contribution in [0.5, 0.6) is 0 Å². The van der Waals surface area contributed by atoms with Gasteiger partial charge in [-0.3, -0.25) is 10.1 Å². The molecule has 2 rings (SSSR count). The quantitative estimate of drug-likeness (QED) is 0.889. The zero-order valence-electron chi connectivity index (χ0n) is 8.98. The molecule has 0 unspecified atom stereocenters. The summed E-state index contributed by atoms with van der Waals surface area (Å²) in [6.07, 6.45) is 2.28. The highest BCUT2D eigenvalue weighted by Gasteiger charge is 2.19. The summed E-state index contributed by atoms with van der Waals surface area (Å²) >= 11 is 1.37. The van der Waals surface area contributed by atoms with E-state index in [1.165, 1.54) is 11.3 Å². The summed E-state index contributed by atoms with van der Waals surface area (Å²) in [6, 6.07) is 0. The third-order valence-corrected chi connectivity index (χ3v) is 2.82. The van der Waals surface area contributed by atoms with E-state index in [1.54, 1.807) is 18.5 Å². The molecule has 1 N–H and O–H groups in total. The van der Waals surface area contributed by atoms with Gasteiger partial charge >= 0.3 is 0 Å². The largest absolute Gasteiger partial charge is 0.360 e. The summed E-state index contributed by atoms with van der Waals surface area (Å²) in [5.41, 5.74) is 1.11. The van der Waals surface area contributed by atoms with Gasteiger partial charge in [-0.2, -0.15) is 0 Å². The van der Waals surface area contributed by atoms with Gasteiger partial charge in [-0.05, 0) is 6.92 Å². The number of amides is 1. The molecule has 0 fully saturated rings. The number of aryl methyl sites for hydroxylation is 2. The fourth-order valence-electron chi connectivity index (χ4n) is 1.39. The molecule has 0 aliphatic carbocycles. The maximum atomic E-state index is 11.9. The van der Waals surface area contributed by atoms with Gasteiger partial charge in [-0.1, -0.05) is 12.1 Å². The highest BCUT2D eigenvalue weighted by atomic mass is 32.1. The van der Waals surface area contributed by atoms with E-state index in [4.69, 9.17) is 4.52 Å². The fourth-order valence-corrected chi connectivity index (χ4v) is 1.92. The summed E-state index contributed by atoms with van der Waals surface area (Å²) in [5.74, 6) is 0.386. The van der Waals surface area contributed by atoms with Gasteiger partial charge in [0.25, 0.3) is 5.91 Å². The Morgan fingerprint density at radius 2 is 2.44 bits per heavy atom. The predicted molar refractivity (Wildman–Crippen MR) is 60.7 cm³/mol. The highest BCUT2D eigenvalue weighted by molar-refractivity contribution is 7.13. The molecular formula is C10H11N3O2S. The standard InChI is InChI=1S/C10H11N3O2S/c1-3-7-8(6(2)13-15-7)9(14)12-10-11-4-5-16-10/h4-5H,3H2,1-2H3,(H,11,12,14). The van der Waals surface area contributed by atoms with Crippen molar-refractivity contribution in [2.24, 2.45) is 0 Å². The number of hydrogen-bond acceptors (Lipinski definition) is 5.